The monoisotopic (exact) mass is 310 g/mol. The fourth-order valence-corrected chi connectivity index (χ4v) is 1.50. The first kappa shape index (κ1) is 16.2. The predicted octanol–water partition coefficient (Wildman–Crippen LogP) is 3.01. The molecule has 0 saturated carbocycles. The molecule has 9 heteroatoms. The lowest BCUT2D eigenvalue weighted by Crippen LogP contribution is -1.94. The normalized spacial score (nSPS) is 9.38. The summed E-state index contributed by atoms with van der Waals surface area (Å²) in [7, 11) is 0. The van der Waals surface area contributed by atoms with Gasteiger partial charge in [0, 0.05) is 17.2 Å². The van der Waals surface area contributed by atoms with Crippen LogP contribution in [-0.2, 0) is 0 Å². The zero-order chi connectivity index (χ0) is 16.0. The van der Waals surface area contributed by atoms with Crippen LogP contribution in [0.15, 0.2) is 42.5 Å². The molecule has 0 aliphatic rings. The van der Waals surface area contributed by atoms with Crippen LogP contribution in [0.25, 0.3) is 0 Å². The van der Waals surface area contributed by atoms with Crippen molar-refractivity contribution in [3.05, 3.63) is 67.7 Å². The highest BCUT2D eigenvalue weighted by molar-refractivity contribution is 6.30. The van der Waals surface area contributed by atoms with Gasteiger partial charge in [0.2, 0.25) is 0 Å². The zero-order valence-electron chi connectivity index (χ0n) is 10.6. The average molecular weight is 311 g/mol. The number of nitro groups is 2. The molecule has 0 unspecified atom stereocenters. The Hall–Kier alpha value is -2.87. The molecule has 21 heavy (non-hydrogen) atoms. The fourth-order valence-electron chi connectivity index (χ4n) is 1.33. The van der Waals surface area contributed by atoms with Gasteiger partial charge in [0.05, 0.1) is 9.85 Å². The quantitative estimate of drug-likeness (QED) is 0.496. The molecule has 0 amide bonds. The van der Waals surface area contributed by atoms with E-state index < -0.39 is 9.85 Å². The highest BCUT2D eigenvalue weighted by atomic mass is 35.5. The van der Waals surface area contributed by atoms with Crippen molar-refractivity contribution in [2.24, 2.45) is 0 Å². The topological polar surface area (TPSA) is 138 Å². The van der Waals surface area contributed by atoms with Crippen LogP contribution >= 0.6 is 11.6 Å². The molecule has 2 aromatic carbocycles. The summed E-state index contributed by atoms with van der Waals surface area (Å²) >= 11 is 5.50. The van der Waals surface area contributed by atoms with E-state index in [2.05, 4.69) is 0 Å². The Morgan fingerprint density at radius 2 is 1.38 bits per heavy atom. The van der Waals surface area contributed by atoms with Gasteiger partial charge in [-0.15, -0.1) is 0 Å². The van der Waals surface area contributed by atoms with Crippen LogP contribution in [-0.4, -0.2) is 9.85 Å². The molecule has 0 atom stereocenters. The molecule has 8 nitrogen and oxygen atoms in total. The number of rotatable bonds is 2. The summed E-state index contributed by atoms with van der Waals surface area (Å²) in [5.41, 5.74) is 10.7. The van der Waals surface area contributed by atoms with E-state index in [1.54, 1.807) is 12.1 Å². The van der Waals surface area contributed by atoms with Gasteiger partial charge in [-0.2, -0.15) is 0 Å². The van der Waals surface area contributed by atoms with Crippen molar-refractivity contribution in [2.75, 3.05) is 11.5 Å². The van der Waals surface area contributed by atoms with E-state index in [1.807, 2.05) is 0 Å². The molecule has 0 aromatic heterocycles. The molecular formula is C12H11ClN4O4. The summed E-state index contributed by atoms with van der Waals surface area (Å²) in [4.78, 5) is 19.3. The van der Waals surface area contributed by atoms with Gasteiger partial charge in [-0.25, -0.2) is 0 Å². The molecule has 0 bridgehead atoms. The van der Waals surface area contributed by atoms with Gasteiger partial charge in [-0.1, -0.05) is 23.7 Å². The molecule has 0 spiro atoms. The van der Waals surface area contributed by atoms with Gasteiger partial charge >= 0.3 is 0 Å². The van der Waals surface area contributed by atoms with Crippen molar-refractivity contribution < 1.29 is 9.85 Å². The van der Waals surface area contributed by atoms with Gasteiger partial charge in [0.15, 0.2) is 0 Å². The predicted molar refractivity (Wildman–Crippen MR) is 80.0 cm³/mol. The first-order valence-corrected chi connectivity index (χ1v) is 5.89. The van der Waals surface area contributed by atoms with Gasteiger partial charge in [0.1, 0.15) is 11.4 Å². The van der Waals surface area contributed by atoms with Crippen molar-refractivity contribution in [3.63, 3.8) is 0 Å². The summed E-state index contributed by atoms with van der Waals surface area (Å²) in [6.45, 7) is 0. The second kappa shape index (κ2) is 7.06. The molecule has 110 valence electrons. The molecule has 2 rings (SSSR count). The van der Waals surface area contributed by atoms with Crippen LogP contribution < -0.4 is 11.5 Å². The number of nitro benzene ring substituents is 2. The van der Waals surface area contributed by atoms with E-state index in [1.165, 1.54) is 30.3 Å². The molecule has 4 N–H and O–H groups in total. The molecule has 2 aromatic rings. The third-order valence-electron chi connectivity index (χ3n) is 2.32. The van der Waals surface area contributed by atoms with Gasteiger partial charge in [-0.05, 0) is 18.2 Å². The molecule has 0 radical (unpaired) electrons. The standard InChI is InChI=1S/C6H5ClN2O2.C6H6N2O2/c7-4-1-2-5(8)6(3-4)9(10)11;7-5-3-1-2-4-6(5)8(9)10/h1-3H,8H2;1-4H,7H2. The minimum Gasteiger partial charge on any atom is -0.393 e. The Bertz CT molecular complexity index is 678. The largest absolute Gasteiger partial charge is 0.393 e. The summed E-state index contributed by atoms with van der Waals surface area (Å²) in [5, 5.41) is 20.7. The average Bonchev–Trinajstić information content (AvgIpc) is 2.42. The SMILES string of the molecule is Nc1ccc(Cl)cc1[N+](=O)[O-].Nc1ccccc1[N+](=O)[O-]. The molecule has 0 aliphatic carbocycles. The van der Waals surface area contributed by atoms with E-state index in [0.717, 1.165) is 0 Å². The number of halogens is 1. The molecule has 0 fully saturated rings. The van der Waals surface area contributed by atoms with Crippen LogP contribution in [0, 0.1) is 20.2 Å². The van der Waals surface area contributed by atoms with Crippen LogP contribution in [0.3, 0.4) is 0 Å². The van der Waals surface area contributed by atoms with Crippen molar-refractivity contribution in [1.29, 1.82) is 0 Å². The highest BCUT2D eigenvalue weighted by Crippen LogP contribution is 2.24. The maximum atomic E-state index is 10.2. The number of nitrogen functional groups attached to an aromatic ring is 2. The molecule has 0 saturated heterocycles. The number of para-hydroxylation sites is 2. The van der Waals surface area contributed by atoms with E-state index in [4.69, 9.17) is 23.1 Å². The van der Waals surface area contributed by atoms with Crippen molar-refractivity contribution >= 4 is 34.4 Å². The Labute approximate surface area is 124 Å². The number of hydrogen-bond donors (Lipinski definition) is 2. The van der Waals surface area contributed by atoms with Crippen molar-refractivity contribution in [1.82, 2.24) is 0 Å². The molecular weight excluding hydrogens is 300 g/mol. The number of benzene rings is 2. The van der Waals surface area contributed by atoms with Crippen molar-refractivity contribution in [2.45, 2.75) is 0 Å². The second-order valence-corrected chi connectivity index (χ2v) is 4.21. The van der Waals surface area contributed by atoms with Gasteiger partial charge in [-0.3, -0.25) is 20.2 Å². The summed E-state index contributed by atoms with van der Waals surface area (Å²) < 4.78 is 0. The van der Waals surface area contributed by atoms with E-state index in [0.29, 0.717) is 5.02 Å². The second-order valence-electron chi connectivity index (χ2n) is 3.78. The van der Waals surface area contributed by atoms with E-state index in [-0.39, 0.29) is 22.7 Å². The lowest BCUT2D eigenvalue weighted by molar-refractivity contribution is -0.384. The Kier molecular flexibility index (Phi) is 5.44. The minimum atomic E-state index is -0.568. The van der Waals surface area contributed by atoms with Crippen molar-refractivity contribution in [3.8, 4) is 0 Å². The zero-order valence-corrected chi connectivity index (χ0v) is 11.4. The van der Waals surface area contributed by atoms with Crippen LogP contribution in [0.2, 0.25) is 5.02 Å². The van der Waals surface area contributed by atoms with E-state index in [9.17, 15) is 20.2 Å². The maximum absolute atomic E-state index is 10.2. The van der Waals surface area contributed by atoms with Crippen LogP contribution in [0.5, 0.6) is 0 Å². The molecule has 0 heterocycles. The lowest BCUT2D eigenvalue weighted by Gasteiger charge is -1.95. The Morgan fingerprint density at radius 3 is 1.81 bits per heavy atom. The first-order valence-electron chi connectivity index (χ1n) is 5.51. The first-order chi connectivity index (χ1) is 9.82. The number of hydrogen-bond acceptors (Lipinski definition) is 6. The molecule has 0 aliphatic heterocycles. The lowest BCUT2D eigenvalue weighted by atomic mass is 10.3. The van der Waals surface area contributed by atoms with Gasteiger partial charge < -0.3 is 11.5 Å². The minimum absolute atomic E-state index is 0.0394. The van der Waals surface area contributed by atoms with Crippen LogP contribution in [0.4, 0.5) is 22.7 Å². The van der Waals surface area contributed by atoms with Gasteiger partial charge in [0.25, 0.3) is 11.4 Å². The fraction of sp³-hybridized carbons (Fsp3) is 0. The van der Waals surface area contributed by atoms with Crippen LogP contribution in [0.1, 0.15) is 0 Å². The number of anilines is 2. The highest BCUT2D eigenvalue weighted by Gasteiger charge is 2.10. The Balaban J connectivity index is 0.000000211. The Morgan fingerprint density at radius 1 is 0.857 bits per heavy atom. The third-order valence-corrected chi connectivity index (χ3v) is 2.56. The van der Waals surface area contributed by atoms with E-state index >= 15 is 0 Å². The summed E-state index contributed by atoms with van der Waals surface area (Å²) in [6, 6.07) is 10.2. The number of nitrogens with two attached hydrogens (primary N) is 2. The maximum Gasteiger partial charge on any atom is 0.293 e. The smallest absolute Gasteiger partial charge is 0.293 e. The summed E-state index contributed by atoms with van der Waals surface area (Å²) in [5.74, 6) is 0. The number of nitrogens with zero attached hydrogens (tertiary/aromatic N) is 2. The third kappa shape index (κ3) is 4.62. The summed E-state index contributed by atoms with van der Waals surface area (Å²) in [6.07, 6.45) is 0.